The van der Waals surface area contributed by atoms with Gasteiger partial charge in [-0.1, -0.05) is 6.07 Å². The number of nitrogens with one attached hydrogen (secondary N) is 1. The van der Waals surface area contributed by atoms with Gasteiger partial charge in [0.25, 0.3) is 0 Å². The Bertz CT molecular complexity index is 1030. The van der Waals surface area contributed by atoms with Crippen LogP contribution in [0.4, 0.5) is 0 Å². The third-order valence-corrected chi connectivity index (χ3v) is 5.62. The number of phosphoric ester groups is 1. The van der Waals surface area contributed by atoms with Crippen molar-refractivity contribution in [2.45, 2.75) is 6.42 Å². The number of nitrogens with zero attached hydrogens (tertiary/aromatic N) is 1. The van der Waals surface area contributed by atoms with Crippen molar-refractivity contribution in [3.05, 3.63) is 48.2 Å². The Labute approximate surface area is 157 Å². The summed E-state index contributed by atoms with van der Waals surface area (Å²) in [6, 6.07) is 10.5. The Morgan fingerprint density at radius 2 is 1.96 bits per heavy atom. The van der Waals surface area contributed by atoms with E-state index in [2.05, 4.69) is 9.88 Å². The first-order valence-electron chi connectivity index (χ1n) is 8.58. The van der Waals surface area contributed by atoms with E-state index in [-0.39, 0.29) is 0 Å². The number of methoxy groups -OCH3 is 1. The molecular formula is C19H21N2O5P. The summed E-state index contributed by atoms with van der Waals surface area (Å²) in [5.41, 5.74) is 1.99. The van der Waals surface area contributed by atoms with Gasteiger partial charge in [-0.15, -0.1) is 0 Å². The van der Waals surface area contributed by atoms with Crippen LogP contribution in [0.25, 0.3) is 10.9 Å². The van der Waals surface area contributed by atoms with Crippen molar-refractivity contribution < 1.29 is 22.9 Å². The van der Waals surface area contributed by atoms with Gasteiger partial charge in [-0.2, -0.15) is 4.57 Å². The summed E-state index contributed by atoms with van der Waals surface area (Å²) in [6.45, 7) is 0.886. The van der Waals surface area contributed by atoms with E-state index in [9.17, 15) is 4.57 Å². The largest absolute Gasteiger partial charge is 0.647 e. The lowest BCUT2D eigenvalue weighted by molar-refractivity contribution is 0.332. The van der Waals surface area contributed by atoms with E-state index in [4.69, 9.17) is 18.3 Å². The van der Waals surface area contributed by atoms with Gasteiger partial charge in [-0.05, 0) is 50.3 Å². The molecule has 1 unspecified atom stereocenters. The topological polar surface area (TPSA) is 73.0 Å². The van der Waals surface area contributed by atoms with Crippen LogP contribution in [0.2, 0.25) is 0 Å². The van der Waals surface area contributed by atoms with Crippen molar-refractivity contribution in [2.75, 3.05) is 27.7 Å². The first kappa shape index (κ1) is 17.8. The number of hydrogen-bond donors (Lipinski definition) is 1. The second-order valence-electron chi connectivity index (χ2n) is 6.58. The molecule has 0 radical (unpaired) electrons. The van der Waals surface area contributed by atoms with E-state index in [0.717, 1.165) is 29.4 Å². The summed E-state index contributed by atoms with van der Waals surface area (Å²) < 4.78 is 35.0. The van der Waals surface area contributed by atoms with E-state index < -0.39 is 7.82 Å². The molecular weight excluding hydrogens is 367 g/mol. The highest BCUT2D eigenvalue weighted by Gasteiger charge is 2.41. The van der Waals surface area contributed by atoms with Crippen LogP contribution in [0.5, 0.6) is 23.0 Å². The summed E-state index contributed by atoms with van der Waals surface area (Å²) in [5.74, 6) is 1.76. The smallest absolute Gasteiger partial charge is 0.497 e. The average molecular weight is 388 g/mol. The van der Waals surface area contributed by atoms with Crippen LogP contribution in [0.15, 0.2) is 42.6 Å². The molecule has 2 aromatic carbocycles. The monoisotopic (exact) mass is 388 g/mol. The van der Waals surface area contributed by atoms with Crippen LogP contribution >= 0.6 is 7.82 Å². The SMILES string of the molecule is COc1ccc2c(c1)OP(=O)(Oc1cccc3[nH]cc(CCN(C)C)c13)O2. The molecule has 4 rings (SSSR count). The summed E-state index contributed by atoms with van der Waals surface area (Å²) in [4.78, 5) is 5.34. The van der Waals surface area contributed by atoms with Gasteiger partial charge < -0.3 is 28.2 Å². The Hall–Kier alpha value is -2.63. The Kier molecular flexibility index (Phi) is 4.50. The molecule has 3 aromatic rings. The fraction of sp³-hybridized carbons (Fsp3) is 0.263. The number of aromatic nitrogens is 1. The quantitative estimate of drug-likeness (QED) is 0.637. The molecule has 1 N–H and O–H groups in total. The van der Waals surface area contributed by atoms with Gasteiger partial charge in [0.05, 0.1) is 7.11 Å². The third kappa shape index (κ3) is 3.48. The normalized spacial score (nSPS) is 18.2. The van der Waals surface area contributed by atoms with Crippen LogP contribution in [0.3, 0.4) is 0 Å². The number of aromatic amines is 1. The summed E-state index contributed by atoms with van der Waals surface area (Å²) >= 11 is 0. The van der Waals surface area contributed by atoms with E-state index in [1.165, 1.54) is 0 Å². The molecule has 142 valence electrons. The van der Waals surface area contributed by atoms with E-state index in [1.807, 2.05) is 32.4 Å². The molecule has 0 fully saturated rings. The van der Waals surface area contributed by atoms with Gasteiger partial charge in [0.1, 0.15) is 11.5 Å². The molecule has 27 heavy (non-hydrogen) atoms. The molecule has 1 aliphatic rings. The standard InChI is InChI=1S/C19H21N2O5P/c1-21(2)10-9-13-12-20-15-5-4-6-17(19(13)15)25-27(22)24-16-8-7-14(23-3)11-18(16)26-27/h4-8,11-12,20H,9-10H2,1-3H3. The maximum Gasteiger partial charge on any atom is 0.647 e. The van der Waals surface area contributed by atoms with Gasteiger partial charge in [0.2, 0.25) is 0 Å². The fourth-order valence-electron chi connectivity index (χ4n) is 3.02. The first-order chi connectivity index (χ1) is 13.0. The number of benzene rings is 2. The minimum atomic E-state index is -3.82. The van der Waals surface area contributed by atoms with Crippen molar-refractivity contribution in [1.82, 2.24) is 9.88 Å². The maximum absolute atomic E-state index is 13.1. The number of H-pyrrole nitrogens is 1. The van der Waals surface area contributed by atoms with Crippen LogP contribution in [0.1, 0.15) is 5.56 Å². The van der Waals surface area contributed by atoms with Gasteiger partial charge >= 0.3 is 7.82 Å². The third-order valence-electron chi connectivity index (χ3n) is 4.36. The zero-order valence-electron chi connectivity index (χ0n) is 15.4. The Balaban J connectivity index is 1.64. The van der Waals surface area contributed by atoms with Crippen molar-refractivity contribution in [1.29, 1.82) is 0 Å². The lowest BCUT2D eigenvalue weighted by atomic mass is 10.1. The minimum Gasteiger partial charge on any atom is -0.497 e. The molecule has 0 saturated heterocycles. The molecule has 0 saturated carbocycles. The highest BCUT2D eigenvalue weighted by Crippen LogP contribution is 2.59. The van der Waals surface area contributed by atoms with E-state index in [0.29, 0.717) is 23.0 Å². The number of hydrogen-bond acceptors (Lipinski definition) is 6. The van der Waals surface area contributed by atoms with Crippen LogP contribution < -0.4 is 18.3 Å². The number of fused-ring (bicyclic) bond motifs is 2. The lowest BCUT2D eigenvalue weighted by Gasteiger charge is -2.13. The molecule has 1 aromatic heterocycles. The van der Waals surface area contributed by atoms with Gasteiger partial charge in [0.15, 0.2) is 11.5 Å². The Morgan fingerprint density at radius 3 is 2.74 bits per heavy atom. The Morgan fingerprint density at radius 1 is 1.15 bits per heavy atom. The highest BCUT2D eigenvalue weighted by atomic mass is 31.2. The van der Waals surface area contributed by atoms with Crippen LogP contribution in [-0.4, -0.2) is 37.6 Å². The fourth-order valence-corrected chi connectivity index (χ4v) is 4.30. The van der Waals surface area contributed by atoms with Crippen molar-refractivity contribution in [3.8, 4) is 23.0 Å². The second kappa shape index (κ2) is 6.83. The van der Waals surface area contributed by atoms with Crippen molar-refractivity contribution in [3.63, 3.8) is 0 Å². The number of likely N-dealkylation sites (N-methyl/N-ethyl adjacent to an activating group) is 1. The van der Waals surface area contributed by atoms with Crippen molar-refractivity contribution in [2.24, 2.45) is 0 Å². The molecule has 1 atom stereocenters. The second-order valence-corrected chi connectivity index (χ2v) is 8.02. The minimum absolute atomic E-state index is 0.340. The summed E-state index contributed by atoms with van der Waals surface area (Å²) in [6.07, 6.45) is 2.78. The number of phosphoric acid groups is 1. The molecule has 1 aliphatic heterocycles. The predicted molar refractivity (Wildman–Crippen MR) is 103 cm³/mol. The lowest BCUT2D eigenvalue weighted by Crippen LogP contribution is -2.14. The summed E-state index contributed by atoms with van der Waals surface area (Å²) in [7, 11) is 1.78. The highest BCUT2D eigenvalue weighted by molar-refractivity contribution is 7.50. The molecule has 0 bridgehead atoms. The van der Waals surface area contributed by atoms with E-state index in [1.54, 1.807) is 31.4 Å². The molecule has 8 heteroatoms. The molecule has 0 amide bonds. The molecule has 0 spiro atoms. The zero-order chi connectivity index (χ0) is 19.0. The number of ether oxygens (including phenoxy) is 1. The number of rotatable bonds is 6. The maximum atomic E-state index is 13.1. The van der Waals surface area contributed by atoms with Crippen molar-refractivity contribution >= 4 is 18.7 Å². The molecule has 7 nitrogen and oxygen atoms in total. The van der Waals surface area contributed by atoms with Gasteiger partial charge in [-0.3, -0.25) is 0 Å². The van der Waals surface area contributed by atoms with Gasteiger partial charge in [0, 0.05) is 29.7 Å². The summed E-state index contributed by atoms with van der Waals surface area (Å²) in [5, 5.41) is 0.885. The first-order valence-corrected chi connectivity index (χ1v) is 10.0. The molecule has 0 aliphatic carbocycles. The zero-order valence-corrected chi connectivity index (χ0v) is 16.3. The van der Waals surface area contributed by atoms with Crippen LogP contribution in [-0.2, 0) is 11.0 Å². The van der Waals surface area contributed by atoms with Crippen LogP contribution in [0, 0.1) is 0 Å². The predicted octanol–water partition coefficient (Wildman–Crippen LogP) is 4.24. The molecule has 2 heterocycles. The van der Waals surface area contributed by atoms with E-state index >= 15 is 0 Å². The van der Waals surface area contributed by atoms with Gasteiger partial charge in [-0.25, -0.2) is 0 Å². The average Bonchev–Trinajstić information content (AvgIpc) is 3.19.